The fourth-order valence-electron chi connectivity index (χ4n) is 1.09. The molecule has 0 aliphatic carbocycles. The van der Waals surface area contributed by atoms with Gasteiger partial charge in [0.25, 0.3) is 0 Å². The van der Waals surface area contributed by atoms with E-state index in [0.717, 1.165) is 5.52 Å². The molecule has 88 valence electrons. The predicted molar refractivity (Wildman–Crippen MR) is 55.9 cm³/mol. The standard InChI is InChI=1S/C8H7NO2.H3O4P/c10-5-1-2-7-6(3-5)8(11)4-9-7;1-5(2,3)4/h1-4,9-11H;(H3,1,2,3,4). The Morgan fingerprint density at radius 1 is 1.12 bits per heavy atom. The van der Waals surface area contributed by atoms with Gasteiger partial charge in [0.15, 0.2) is 0 Å². The molecule has 16 heavy (non-hydrogen) atoms. The van der Waals surface area contributed by atoms with Gasteiger partial charge in [0.1, 0.15) is 11.5 Å². The molecule has 2 rings (SSSR count). The Morgan fingerprint density at radius 2 is 1.69 bits per heavy atom. The number of aromatic hydroxyl groups is 2. The Hall–Kier alpha value is -1.53. The average Bonchev–Trinajstić information content (AvgIpc) is 2.45. The zero-order valence-corrected chi connectivity index (χ0v) is 8.80. The number of H-pyrrole nitrogens is 1. The third-order valence-electron chi connectivity index (χ3n) is 1.64. The van der Waals surface area contributed by atoms with Crippen molar-refractivity contribution in [3.05, 3.63) is 24.4 Å². The molecular formula is C8H10NO6P. The van der Waals surface area contributed by atoms with Crippen LogP contribution in [-0.2, 0) is 4.57 Å². The molecule has 1 aromatic heterocycles. The molecule has 7 nitrogen and oxygen atoms in total. The first-order valence-electron chi connectivity index (χ1n) is 4.05. The maximum Gasteiger partial charge on any atom is 0.466 e. The van der Waals surface area contributed by atoms with E-state index < -0.39 is 7.82 Å². The summed E-state index contributed by atoms with van der Waals surface area (Å²) in [6, 6.07) is 4.80. The fourth-order valence-corrected chi connectivity index (χ4v) is 1.09. The summed E-state index contributed by atoms with van der Waals surface area (Å²) < 4.78 is 8.88. The largest absolute Gasteiger partial charge is 0.508 e. The molecule has 0 atom stereocenters. The summed E-state index contributed by atoms with van der Waals surface area (Å²) in [5, 5.41) is 18.9. The van der Waals surface area contributed by atoms with E-state index in [1.54, 1.807) is 12.1 Å². The number of aromatic nitrogens is 1. The Bertz CT molecular complexity index is 522. The van der Waals surface area contributed by atoms with E-state index in [2.05, 4.69) is 4.98 Å². The SMILES string of the molecule is O=P(O)(O)O.Oc1ccc2[nH]cc(O)c2c1. The number of nitrogens with one attached hydrogen (secondary N) is 1. The molecule has 6 N–H and O–H groups in total. The molecule has 0 amide bonds. The van der Waals surface area contributed by atoms with Crippen molar-refractivity contribution in [1.29, 1.82) is 0 Å². The van der Waals surface area contributed by atoms with E-state index in [1.165, 1.54) is 12.3 Å². The van der Waals surface area contributed by atoms with Crippen molar-refractivity contribution in [2.75, 3.05) is 0 Å². The van der Waals surface area contributed by atoms with Crippen LogP contribution in [0.25, 0.3) is 10.9 Å². The van der Waals surface area contributed by atoms with Crippen LogP contribution >= 0.6 is 7.82 Å². The third-order valence-corrected chi connectivity index (χ3v) is 1.64. The lowest BCUT2D eigenvalue weighted by molar-refractivity contribution is 0.275. The Kier molecular flexibility index (Phi) is 3.56. The van der Waals surface area contributed by atoms with Crippen molar-refractivity contribution < 1.29 is 29.5 Å². The van der Waals surface area contributed by atoms with Crippen LogP contribution in [0.5, 0.6) is 11.5 Å². The maximum atomic E-state index is 9.19. The summed E-state index contributed by atoms with van der Waals surface area (Å²) in [4.78, 5) is 24.4. The van der Waals surface area contributed by atoms with Gasteiger partial charge in [-0.05, 0) is 18.2 Å². The van der Waals surface area contributed by atoms with Crippen LogP contribution < -0.4 is 0 Å². The zero-order chi connectivity index (χ0) is 12.3. The van der Waals surface area contributed by atoms with E-state index in [1.807, 2.05) is 0 Å². The first-order chi connectivity index (χ1) is 7.27. The summed E-state index contributed by atoms with van der Waals surface area (Å²) in [7, 11) is -4.64. The van der Waals surface area contributed by atoms with Crippen molar-refractivity contribution in [3.8, 4) is 11.5 Å². The van der Waals surface area contributed by atoms with Gasteiger partial charge in [0.2, 0.25) is 0 Å². The number of phenols is 1. The topological polar surface area (TPSA) is 134 Å². The zero-order valence-electron chi connectivity index (χ0n) is 7.90. The number of aromatic amines is 1. The van der Waals surface area contributed by atoms with Crippen LogP contribution in [-0.4, -0.2) is 29.9 Å². The number of hydrogen-bond donors (Lipinski definition) is 6. The van der Waals surface area contributed by atoms with Gasteiger partial charge in [-0.1, -0.05) is 0 Å². The number of rotatable bonds is 0. The van der Waals surface area contributed by atoms with Crippen LogP contribution in [0.2, 0.25) is 0 Å². The predicted octanol–water partition coefficient (Wildman–Crippen LogP) is 0.650. The molecule has 0 saturated heterocycles. The highest BCUT2D eigenvalue weighted by Gasteiger charge is 2.01. The third kappa shape index (κ3) is 3.92. The van der Waals surface area contributed by atoms with Gasteiger partial charge in [0.05, 0.1) is 0 Å². The molecule has 2 aromatic rings. The minimum Gasteiger partial charge on any atom is -0.508 e. The number of phenolic OH excluding ortho intramolecular Hbond substituents is 1. The number of fused-ring (bicyclic) bond motifs is 1. The van der Waals surface area contributed by atoms with Crippen LogP contribution in [0.1, 0.15) is 0 Å². The quantitative estimate of drug-likeness (QED) is 0.378. The minimum absolute atomic E-state index is 0.160. The highest BCUT2D eigenvalue weighted by atomic mass is 31.2. The van der Waals surface area contributed by atoms with E-state index >= 15 is 0 Å². The lowest BCUT2D eigenvalue weighted by atomic mass is 10.2. The summed E-state index contributed by atoms with van der Waals surface area (Å²) in [5.41, 5.74) is 0.820. The maximum absolute atomic E-state index is 9.19. The lowest BCUT2D eigenvalue weighted by Crippen LogP contribution is -1.66. The second kappa shape index (κ2) is 4.54. The molecule has 1 heterocycles. The molecule has 0 unspecified atom stereocenters. The molecule has 0 fully saturated rings. The van der Waals surface area contributed by atoms with Gasteiger partial charge < -0.3 is 29.9 Å². The van der Waals surface area contributed by atoms with Gasteiger partial charge in [0, 0.05) is 17.1 Å². The molecule has 0 bridgehead atoms. The molecule has 0 spiro atoms. The van der Waals surface area contributed by atoms with Gasteiger partial charge in [-0.25, -0.2) is 4.57 Å². The highest BCUT2D eigenvalue weighted by Crippen LogP contribution is 2.27. The first-order valence-corrected chi connectivity index (χ1v) is 5.61. The van der Waals surface area contributed by atoms with E-state index in [4.69, 9.17) is 24.4 Å². The van der Waals surface area contributed by atoms with Crippen molar-refractivity contribution >= 4 is 18.7 Å². The highest BCUT2D eigenvalue weighted by molar-refractivity contribution is 7.45. The average molecular weight is 247 g/mol. The summed E-state index contributed by atoms with van der Waals surface area (Å²) in [5.74, 6) is 0.323. The van der Waals surface area contributed by atoms with Crippen molar-refractivity contribution in [2.45, 2.75) is 0 Å². The summed E-state index contributed by atoms with van der Waals surface area (Å²) in [6.45, 7) is 0. The summed E-state index contributed by atoms with van der Waals surface area (Å²) in [6.07, 6.45) is 1.49. The second-order valence-electron chi connectivity index (χ2n) is 2.92. The lowest BCUT2D eigenvalue weighted by Gasteiger charge is -1.91. The van der Waals surface area contributed by atoms with Gasteiger partial charge >= 0.3 is 7.82 Å². The van der Waals surface area contributed by atoms with Crippen LogP contribution in [0.4, 0.5) is 0 Å². The van der Waals surface area contributed by atoms with Crippen molar-refractivity contribution in [2.24, 2.45) is 0 Å². The van der Waals surface area contributed by atoms with Gasteiger partial charge in [-0.3, -0.25) is 0 Å². The summed E-state index contributed by atoms with van der Waals surface area (Å²) >= 11 is 0. The number of hydrogen-bond acceptors (Lipinski definition) is 3. The second-order valence-corrected chi connectivity index (χ2v) is 3.94. The normalized spacial score (nSPS) is 10.9. The Morgan fingerprint density at radius 3 is 2.25 bits per heavy atom. The van der Waals surface area contributed by atoms with Crippen LogP contribution in [0.3, 0.4) is 0 Å². The molecule has 0 radical (unpaired) electrons. The Balaban J connectivity index is 0.000000221. The molecule has 1 aromatic carbocycles. The van der Waals surface area contributed by atoms with E-state index in [9.17, 15) is 5.11 Å². The van der Waals surface area contributed by atoms with Crippen molar-refractivity contribution in [3.63, 3.8) is 0 Å². The molecule has 8 heteroatoms. The molecular weight excluding hydrogens is 237 g/mol. The Labute approximate surface area is 89.8 Å². The number of benzene rings is 1. The van der Waals surface area contributed by atoms with E-state index in [0.29, 0.717) is 5.39 Å². The first kappa shape index (κ1) is 12.5. The van der Waals surface area contributed by atoms with Crippen molar-refractivity contribution in [1.82, 2.24) is 4.98 Å². The van der Waals surface area contributed by atoms with Crippen LogP contribution in [0.15, 0.2) is 24.4 Å². The molecule has 0 aliphatic heterocycles. The van der Waals surface area contributed by atoms with Crippen LogP contribution in [0, 0.1) is 0 Å². The monoisotopic (exact) mass is 247 g/mol. The van der Waals surface area contributed by atoms with Gasteiger partial charge in [-0.15, -0.1) is 0 Å². The molecule has 0 saturated carbocycles. The smallest absolute Gasteiger partial charge is 0.466 e. The van der Waals surface area contributed by atoms with E-state index in [-0.39, 0.29) is 11.5 Å². The minimum atomic E-state index is -4.64. The number of phosphoric acid groups is 1. The molecule has 0 aliphatic rings. The van der Waals surface area contributed by atoms with Gasteiger partial charge in [-0.2, -0.15) is 0 Å². The fraction of sp³-hybridized carbons (Fsp3) is 0.